The predicted molar refractivity (Wildman–Crippen MR) is 127 cm³/mol. The number of thiophene rings is 4. The van der Waals surface area contributed by atoms with Crippen LogP contribution in [0.4, 0.5) is 0 Å². The van der Waals surface area contributed by atoms with Gasteiger partial charge in [-0.25, -0.2) is 0 Å². The van der Waals surface area contributed by atoms with E-state index in [0.29, 0.717) is 0 Å². The van der Waals surface area contributed by atoms with Gasteiger partial charge in [0, 0.05) is 19.8 Å². The predicted octanol–water partition coefficient (Wildman–Crippen LogP) is 8.72. The van der Waals surface area contributed by atoms with Gasteiger partial charge in [0.1, 0.15) is 0 Å². The molecule has 0 radical (unpaired) electrons. The summed E-state index contributed by atoms with van der Waals surface area (Å²) in [5, 5.41) is 18.9. The standard InChI is InChI=1S/C13H16OS2.C8H5BrS2/c1-3-13(14,4-2)10-7-9-16-12(10)11-6-5-8-15-11;9-6-3-5-11-8(6)7-2-1-4-10-7/h5-9,14H,3-4H2,1-2H3;1-5H. The highest BCUT2D eigenvalue weighted by Crippen LogP contribution is 2.41. The molecule has 0 fully saturated rings. The van der Waals surface area contributed by atoms with Crippen molar-refractivity contribution < 1.29 is 5.11 Å². The molecule has 6 heteroatoms. The molecule has 0 unspecified atom stereocenters. The lowest BCUT2D eigenvalue weighted by Gasteiger charge is -2.25. The Labute approximate surface area is 185 Å². The van der Waals surface area contributed by atoms with Gasteiger partial charge in [0.05, 0.1) is 15.4 Å². The SMILES string of the molecule is Brc1ccsc1-c1cccs1.CCC(O)(CC)c1ccsc1-c1cccs1. The highest BCUT2D eigenvalue weighted by atomic mass is 79.9. The number of hydrogen-bond donors (Lipinski definition) is 1. The van der Waals surface area contributed by atoms with E-state index in [1.807, 2.05) is 13.8 Å². The van der Waals surface area contributed by atoms with Gasteiger partial charge < -0.3 is 5.11 Å². The fraction of sp³-hybridized carbons (Fsp3) is 0.238. The van der Waals surface area contributed by atoms with Crippen LogP contribution in [0.3, 0.4) is 0 Å². The zero-order valence-electron chi connectivity index (χ0n) is 15.1. The van der Waals surface area contributed by atoms with Crippen LogP contribution in [-0.4, -0.2) is 5.11 Å². The van der Waals surface area contributed by atoms with Gasteiger partial charge in [-0.1, -0.05) is 26.0 Å². The van der Waals surface area contributed by atoms with E-state index in [0.717, 1.165) is 18.4 Å². The topological polar surface area (TPSA) is 20.2 Å². The van der Waals surface area contributed by atoms with E-state index in [1.54, 1.807) is 45.3 Å². The maximum absolute atomic E-state index is 10.6. The van der Waals surface area contributed by atoms with E-state index in [2.05, 4.69) is 73.8 Å². The van der Waals surface area contributed by atoms with Crippen molar-refractivity contribution in [2.45, 2.75) is 32.3 Å². The van der Waals surface area contributed by atoms with Crippen LogP contribution in [-0.2, 0) is 5.60 Å². The van der Waals surface area contributed by atoms with Crippen molar-refractivity contribution in [2.24, 2.45) is 0 Å². The van der Waals surface area contributed by atoms with Crippen LogP contribution in [0.25, 0.3) is 19.5 Å². The summed E-state index contributed by atoms with van der Waals surface area (Å²) >= 11 is 10.5. The van der Waals surface area contributed by atoms with Crippen LogP contribution in [0, 0.1) is 0 Å². The molecule has 4 aromatic heterocycles. The second-order valence-corrected chi connectivity index (χ2v) is 10.5. The first kappa shape index (κ1) is 21.0. The third kappa shape index (κ3) is 4.81. The summed E-state index contributed by atoms with van der Waals surface area (Å²) in [4.78, 5) is 5.15. The minimum absolute atomic E-state index is 0.667. The Balaban J connectivity index is 0.000000166. The lowest BCUT2D eigenvalue weighted by atomic mass is 9.89. The molecule has 1 N–H and O–H groups in total. The molecule has 0 amide bonds. The molecule has 0 aromatic carbocycles. The summed E-state index contributed by atoms with van der Waals surface area (Å²) in [6.07, 6.45) is 1.53. The van der Waals surface area contributed by atoms with Crippen molar-refractivity contribution in [3.63, 3.8) is 0 Å². The molecule has 0 bridgehead atoms. The molecule has 0 atom stereocenters. The van der Waals surface area contributed by atoms with Crippen molar-refractivity contribution in [3.8, 4) is 19.5 Å². The van der Waals surface area contributed by atoms with Crippen LogP contribution in [0.5, 0.6) is 0 Å². The molecule has 1 nitrogen and oxygen atoms in total. The smallest absolute Gasteiger partial charge is 0.0905 e. The molecular formula is C21H21BrOS4. The summed E-state index contributed by atoms with van der Waals surface area (Å²) in [5.74, 6) is 0. The zero-order chi connectivity index (χ0) is 19.3. The number of rotatable bonds is 5. The Kier molecular flexibility index (Phi) is 7.48. The van der Waals surface area contributed by atoms with Crippen LogP contribution in [0.2, 0.25) is 0 Å². The molecule has 4 aromatic rings. The third-order valence-electron chi connectivity index (χ3n) is 4.44. The molecule has 0 aliphatic carbocycles. The van der Waals surface area contributed by atoms with Gasteiger partial charge in [0.25, 0.3) is 0 Å². The van der Waals surface area contributed by atoms with Crippen LogP contribution >= 0.6 is 61.3 Å². The van der Waals surface area contributed by atoms with Crippen LogP contribution in [0.15, 0.2) is 62.4 Å². The molecule has 4 rings (SSSR count). The second kappa shape index (κ2) is 9.63. The fourth-order valence-electron chi connectivity index (χ4n) is 2.78. The average Bonchev–Trinajstić information content (AvgIpc) is 3.48. The number of hydrogen-bond acceptors (Lipinski definition) is 5. The molecule has 142 valence electrons. The van der Waals surface area contributed by atoms with Gasteiger partial charge in [0.15, 0.2) is 0 Å². The van der Waals surface area contributed by atoms with Crippen LogP contribution in [0.1, 0.15) is 32.3 Å². The van der Waals surface area contributed by atoms with Gasteiger partial charge >= 0.3 is 0 Å². The molecule has 0 aliphatic heterocycles. The lowest BCUT2D eigenvalue weighted by molar-refractivity contribution is 0.0293. The monoisotopic (exact) mass is 496 g/mol. The summed E-state index contributed by atoms with van der Waals surface area (Å²) < 4.78 is 1.20. The molecule has 4 heterocycles. The minimum atomic E-state index is -0.667. The first-order valence-corrected chi connectivity index (χ1v) is 13.0. The molecular weight excluding hydrogens is 476 g/mol. The average molecular weight is 498 g/mol. The largest absolute Gasteiger partial charge is 0.385 e. The molecule has 0 saturated heterocycles. The van der Waals surface area contributed by atoms with E-state index in [-0.39, 0.29) is 0 Å². The van der Waals surface area contributed by atoms with Crippen LogP contribution < -0.4 is 0 Å². The summed E-state index contributed by atoms with van der Waals surface area (Å²) in [6.45, 7) is 4.08. The van der Waals surface area contributed by atoms with Gasteiger partial charge in [-0.2, -0.15) is 0 Å². The van der Waals surface area contributed by atoms with Gasteiger partial charge in [-0.15, -0.1) is 45.3 Å². The van der Waals surface area contributed by atoms with Crippen molar-refractivity contribution in [1.82, 2.24) is 0 Å². The summed E-state index contributed by atoms with van der Waals surface area (Å²) in [7, 11) is 0. The Morgan fingerprint density at radius 3 is 1.81 bits per heavy atom. The van der Waals surface area contributed by atoms with Gasteiger partial charge in [-0.05, 0) is 74.6 Å². The number of halogens is 1. The van der Waals surface area contributed by atoms with Crippen molar-refractivity contribution >= 4 is 61.3 Å². The Morgan fingerprint density at radius 2 is 1.33 bits per heavy atom. The highest BCUT2D eigenvalue weighted by Gasteiger charge is 2.28. The van der Waals surface area contributed by atoms with E-state index >= 15 is 0 Å². The molecule has 0 spiro atoms. The zero-order valence-corrected chi connectivity index (χ0v) is 20.0. The van der Waals surface area contributed by atoms with Crippen molar-refractivity contribution in [3.05, 3.63) is 68.0 Å². The summed E-state index contributed by atoms with van der Waals surface area (Å²) in [5.41, 5.74) is 0.421. The second-order valence-electron chi connectivity index (χ2n) is 5.95. The first-order valence-electron chi connectivity index (χ1n) is 8.70. The van der Waals surface area contributed by atoms with Gasteiger partial charge in [0.2, 0.25) is 0 Å². The van der Waals surface area contributed by atoms with Crippen molar-refractivity contribution in [1.29, 1.82) is 0 Å². The molecule has 0 saturated carbocycles. The van der Waals surface area contributed by atoms with E-state index in [1.165, 1.54) is 24.0 Å². The van der Waals surface area contributed by atoms with E-state index < -0.39 is 5.60 Å². The van der Waals surface area contributed by atoms with Crippen molar-refractivity contribution in [2.75, 3.05) is 0 Å². The number of aliphatic hydroxyl groups is 1. The lowest BCUT2D eigenvalue weighted by Crippen LogP contribution is -2.23. The Morgan fingerprint density at radius 1 is 0.778 bits per heavy atom. The maximum Gasteiger partial charge on any atom is 0.0905 e. The first-order chi connectivity index (χ1) is 13.1. The normalized spacial score (nSPS) is 11.3. The maximum atomic E-state index is 10.6. The Bertz CT molecular complexity index is 931. The van der Waals surface area contributed by atoms with E-state index in [4.69, 9.17) is 0 Å². The summed E-state index contributed by atoms with van der Waals surface area (Å²) in [6, 6.07) is 12.5. The van der Waals surface area contributed by atoms with Gasteiger partial charge in [-0.3, -0.25) is 0 Å². The minimum Gasteiger partial charge on any atom is -0.385 e. The third-order valence-corrected chi connectivity index (χ3v) is 9.30. The molecule has 27 heavy (non-hydrogen) atoms. The fourth-order valence-corrected chi connectivity index (χ4v) is 7.26. The highest BCUT2D eigenvalue weighted by molar-refractivity contribution is 9.10. The Hall–Kier alpha value is -0.760. The molecule has 0 aliphatic rings. The quantitative estimate of drug-likeness (QED) is 0.292. The van der Waals surface area contributed by atoms with E-state index in [9.17, 15) is 5.11 Å².